The van der Waals surface area contributed by atoms with E-state index in [9.17, 15) is 0 Å². The lowest BCUT2D eigenvalue weighted by molar-refractivity contribution is 1.02. The summed E-state index contributed by atoms with van der Waals surface area (Å²) in [5.41, 5.74) is 26.0. The molecule has 141 heavy (non-hydrogen) atoms. The van der Waals surface area contributed by atoms with E-state index in [0.717, 1.165) is 117 Å². The zero-order valence-electron chi connectivity index (χ0n) is 75.8. The second-order valence-electron chi connectivity index (χ2n) is 36.1. The van der Waals surface area contributed by atoms with E-state index < -0.39 is 0 Å². The molecular formula is C128H78N12S. The highest BCUT2D eigenvalue weighted by atomic mass is 32.1. The van der Waals surface area contributed by atoms with Crippen molar-refractivity contribution in [3.63, 3.8) is 0 Å². The summed E-state index contributed by atoms with van der Waals surface area (Å²) in [6, 6.07) is 168. The fourth-order valence-electron chi connectivity index (χ4n) is 22.8. The molecule has 0 saturated carbocycles. The average molecular weight is 1820 g/mol. The minimum absolute atomic E-state index is 0.663. The molecule has 0 aliphatic rings. The van der Waals surface area contributed by atoms with Crippen LogP contribution in [0, 0.1) is 0 Å². The van der Waals surface area contributed by atoms with Crippen LogP contribution in [0.4, 0.5) is 0 Å². The van der Waals surface area contributed by atoms with Crippen molar-refractivity contribution >= 4 is 217 Å². The fraction of sp³-hybridized carbons (Fsp3) is 0. The van der Waals surface area contributed by atoms with Crippen LogP contribution in [-0.4, -0.2) is 57.3 Å². The van der Waals surface area contributed by atoms with E-state index >= 15 is 0 Å². The molecular weight excluding hydrogens is 1740 g/mol. The number of benzene rings is 21. The first-order chi connectivity index (χ1) is 70.1. The molecule has 31 aromatic rings. The van der Waals surface area contributed by atoms with Crippen molar-refractivity contribution in [2.45, 2.75) is 0 Å². The molecule has 10 heterocycles. The maximum absolute atomic E-state index is 5.43. The molecule has 21 aromatic carbocycles. The predicted octanol–water partition coefficient (Wildman–Crippen LogP) is 33.1. The van der Waals surface area contributed by atoms with Crippen molar-refractivity contribution in [1.82, 2.24) is 57.3 Å². The van der Waals surface area contributed by atoms with Crippen LogP contribution >= 0.6 is 11.3 Å². The van der Waals surface area contributed by atoms with E-state index in [0.29, 0.717) is 17.8 Å². The molecule has 0 bridgehead atoms. The summed E-state index contributed by atoms with van der Waals surface area (Å²) >= 11 is 1.87. The first-order valence-electron chi connectivity index (χ1n) is 47.8. The van der Waals surface area contributed by atoms with Gasteiger partial charge in [0.25, 0.3) is 0 Å². The van der Waals surface area contributed by atoms with Crippen LogP contribution in [0.2, 0.25) is 0 Å². The van der Waals surface area contributed by atoms with Crippen LogP contribution in [0.25, 0.3) is 274 Å². The Balaban J connectivity index is 0.000000101. The molecule has 13 heteroatoms. The number of nitrogens with zero attached hydrogens (tertiary/aromatic N) is 12. The molecule has 0 unspecified atom stereocenters. The number of fused-ring (bicyclic) bond motifs is 35. The first-order valence-corrected chi connectivity index (χ1v) is 48.6. The number of hydrogen-bond acceptors (Lipinski definition) is 7. The minimum atomic E-state index is 0.663. The largest absolute Gasteiger partial charge is 0.309 e. The van der Waals surface area contributed by atoms with Crippen LogP contribution in [0.15, 0.2) is 473 Å². The van der Waals surface area contributed by atoms with Gasteiger partial charge in [0, 0.05) is 146 Å². The number of thiophene rings is 1. The summed E-state index contributed by atoms with van der Waals surface area (Å²) in [7, 11) is 0. The highest BCUT2D eigenvalue weighted by Crippen LogP contribution is 2.54. The lowest BCUT2D eigenvalue weighted by Gasteiger charge is -2.14. The van der Waals surface area contributed by atoms with Crippen molar-refractivity contribution in [1.29, 1.82) is 0 Å². The Morgan fingerprint density at radius 2 is 0.383 bits per heavy atom. The van der Waals surface area contributed by atoms with Crippen molar-refractivity contribution in [3.8, 4) is 68.7 Å². The second kappa shape index (κ2) is 31.9. The fourth-order valence-corrected chi connectivity index (χ4v) is 24.0. The van der Waals surface area contributed by atoms with E-state index in [4.69, 9.17) is 29.9 Å². The van der Waals surface area contributed by atoms with Crippen LogP contribution in [0.3, 0.4) is 0 Å². The van der Waals surface area contributed by atoms with E-state index in [-0.39, 0.29) is 0 Å². The van der Waals surface area contributed by atoms with Crippen LogP contribution < -0.4 is 0 Å². The molecule has 0 aliphatic heterocycles. The Labute approximate surface area is 809 Å². The van der Waals surface area contributed by atoms with Gasteiger partial charge in [0.2, 0.25) is 17.8 Å². The summed E-state index contributed by atoms with van der Waals surface area (Å²) in [4.78, 5) is 32.0. The van der Waals surface area contributed by atoms with Gasteiger partial charge in [0.1, 0.15) is 0 Å². The number of hydrogen-bond donors (Lipinski definition) is 0. The van der Waals surface area contributed by atoms with Crippen molar-refractivity contribution in [2.75, 3.05) is 0 Å². The molecule has 0 radical (unpaired) electrons. The Kier molecular flexibility index (Phi) is 18.0. The van der Waals surface area contributed by atoms with Crippen molar-refractivity contribution < 1.29 is 0 Å². The predicted molar refractivity (Wildman–Crippen MR) is 589 cm³/mol. The summed E-state index contributed by atoms with van der Waals surface area (Å²) < 4.78 is 16.8. The van der Waals surface area contributed by atoms with E-state index in [1.165, 1.54) is 139 Å². The number of aromatic nitrogens is 12. The van der Waals surface area contributed by atoms with Gasteiger partial charge in [-0.1, -0.05) is 376 Å². The Morgan fingerprint density at radius 1 is 0.149 bits per heavy atom. The lowest BCUT2D eigenvalue weighted by Crippen LogP contribution is -2.04. The summed E-state index contributed by atoms with van der Waals surface area (Å²) in [6.45, 7) is 0. The van der Waals surface area contributed by atoms with Gasteiger partial charge >= 0.3 is 0 Å². The molecule has 31 rings (SSSR count). The highest BCUT2D eigenvalue weighted by molar-refractivity contribution is 7.27. The lowest BCUT2D eigenvalue weighted by atomic mass is 9.99. The number of rotatable bonds is 9. The SMILES string of the molecule is c1ccc(-c2nc(-n3c4ccccc4c4c3c3ccccc3c3c5ccccc5n(-c5ccccc5)c34)nc3ccccc23)cc1.c1ccc(-c2nc(-n3c4ccccc4c4c5c6ccccc6n(-c6ccccc6)c5c5ccccc5c43)nc3ccccc23)cc1.c1ccc(-c2nc(-n3c4ccccc4c4c5c6ccccc6n(-c6ccccc6)c5c5sc6ccccc6c5c43)nc3ccccc23)cc1. The summed E-state index contributed by atoms with van der Waals surface area (Å²) in [6.07, 6.45) is 0. The normalized spacial score (nSPS) is 12.0. The zero-order valence-corrected chi connectivity index (χ0v) is 76.6. The van der Waals surface area contributed by atoms with E-state index in [1.54, 1.807) is 0 Å². The second-order valence-corrected chi connectivity index (χ2v) is 37.2. The standard InChI is InChI=1S/C44H26N4S.2C42H26N4/c1-3-15-27(16-4-1)40-29-19-7-11-23-33(29)45-44(46-40)48-35-25-13-9-21-31(35)37-38-30-20-8-12-24-34(30)47(28-17-5-2-6-18-28)42(38)43-39(41(37)48)32-22-10-14-26-36(32)49-43;1-3-15-27(16-4-1)39-31-21-9-12-24-34(31)43-42(44-39)46-36-26-14-11-23-33(36)38-37-32-22-10-13-25-35(32)45(28-17-5-2-6-18-28)40(37)29-19-7-8-20-30(29)41(38)46;1-3-15-27(16-4-1)39-31-21-9-12-24-34(31)43-42(44-39)46-36-26-14-11-23-33(36)38-40(46)30-20-8-7-19-29(30)37-32-22-10-13-25-35(32)45(41(37)38)28-17-5-2-6-18-28/h1-26H;2*1-26H. The van der Waals surface area contributed by atoms with Crippen LogP contribution in [0.1, 0.15) is 0 Å². The molecule has 656 valence electrons. The van der Waals surface area contributed by atoms with Gasteiger partial charge < -0.3 is 13.7 Å². The molecule has 0 fully saturated rings. The Bertz CT molecular complexity index is 10600. The van der Waals surface area contributed by atoms with Gasteiger partial charge in [-0.05, 0) is 102 Å². The molecule has 0 saturated heterocycles. The minimum Gasteiger partial charge on any atom is -0.309 e. The molecule has 0 spiro atoms. The van der Waals surface area contributed by atoms with E-state index in [2.05, 4.69) is 488 Å². The molecule has 12 nitrogen and oxygen atoms in total. The first kappa shape index (κ1) is 79.5. The highest BCUT2D eigenvalue weighted by Gasteiger charge is 2.32. The summed E-state index contributed by atoms with van der Waals surface area (Å²) in [5.74, 6) is 2.00. The molecule has 0 N–H and O–H groups in total. The van der Waals surface area contributed by atoms with Gasteiger partial charge in [-0.15, -0.1) is 11.3 Å². The average Bonchev–Trinajstić information content (AvgIpc) is 1.52. The van der Waals surface area contributed by atoms with Gasteiger partial charge in [-0.2, -0.15) is 0 Å². The molecule has 10 aromatic heterocycles. The third-order valence-electron chi connectivity index (χ3n) is 28.5. The van der Waals surface area contributed by atoms with Gasteiger partial charge in [-0.3, -0.25) is 13.7 Å². The third-order valence-corrected chi connectivity index (χ3v) is 29.7. The Morgan fingerprint density at radius 3 is 0.766 bits per heavy atom. The summed E-state index contributed by atoms with van der Waals surface area (Å²) in [5, 5.41) is 25.0. The van der Waals surface area contributed by atoms with Crippen molar-refractivity contribution in [3.05, 3.63) is 473 Å². The number of para-hydroxylation sites is 12. The van der Waals surface area contributed by atoms with Gasteiger partial charge in [-0.25, -0.2) is 29.9 Å². The van der Waals surface area contributed by atoms with E-state index in [1.807, 2.05) is 23.5 Å². The third kappa shape index (κ3) is 12.1. The van der Waals surface area contributed by atoms with Gasteiger partial charge in [0.15, 0.2) is 0 Å². The van der Waals surface area contributed by atoms with Crippen molar-refractivity contribution in [2.24, 2.45) is 0 Å². The molecule has 0 aliphatic carbocycles. The maximum Gasteiger partial charge on any atom is 0.235 e. The van der Waals surface area contributed by atoms with Crippen LogP contribution in [0.5, 0.6) is 0 Å². The topological polar surface area (TPSA) is 107 Å². The van der Waals surface area contributed by atoms with Gasteiger partial charge in [0.05, 0.1) is 105 Å². The molecule has 0 amide bonds. The van der Waals surface area contributed by atoms with Crippen LogP contribution in [-0.2, 0) is 0 Å². The maximum atomic E-state index is 5.43. The monoisotopic (exact) mass is 1810 g/mol. The Hall–Kier alpha value is -18.8. The smallest absolute Gasteiger partial charge is 0.235 e. The molecule has 0 atom stereocenters. The quantitative estimate of drug-likeness (QED) is 0.142. The zero-order chi connectivity index (χ0) is 92.4.